The summed E-state index contributed by atoms with van der Waals surface area (Å²) >= 11 is 0. The zero-order valence-corrected chi connectivity index (χ0v) is 10.6. The van der Waals surface area contributed by atoms with E-state index < -0.39 is 5.97 Å². The maximum Gasteiger partial charge on any atom is 0.335 e. The Morgan fingerprint density at radius 2 is 1.94 bits per heavy atom. The molecule has 0 saturated heterocycles. The third-order valence-corrected chi connectivity index (χ3v) is 3.02. The molecule has 1 aromatic carbocycles. The molecule has 0 atom stereocenters. The number of hydrogen-bond acceptors (Lipinski definition) is 2. The van der Waals surface area contributed by atoms with Crippen LogP contribution in [0.15, 0.2) is 24.4 Å². The third-order valence-electron chi connectivity index (χ3n) is 3.02. The quantitative estimate of drug-likeness (QED) is 0.845. The Morgan fingerprint density at radius 1 is 1.28 bits per heavy atom. The van der Waals surface area contributed by atoms with Crippen LogP contribution in [0.3, 0.4) is 0 Å². The summed E-state index contributed by atoms with van der Waals surface area (Å²) in [6, 6.07) is 5.02. The first-order valence-corrected chi connectivity index (χ1v) is 5.80. The van der Waals surface area contributed by atoms with E-state index in [-0.39, 0.29) is 17.4 Å². The molecule has 4 heteroatoms. The second-order valence-corrected chi connectivity index (χ2v) is 4.64. The molecule has 0 bridgehead atoms. The van der Waals surface area contributed by atoms with Crippen LogP contribution in [0.5, 0.6) is 0 Å². The van der Waals surface area contributed by atoms with Crippen LogP contribution < -0.4 is 0 Å². The molecule has 2 aromatic rings. The molecule has 4 nitrogen and oxygen atoms in total. The molecule has 2 rings (SSSR count). The zero-order valence-electron chi connectivity index (χ0n) is 10.6. The number of carbonyl (C=O) groups is 2. The molecule has 1 heterocycles. The van der Waals surface area contributed by atoms with Crippen LogP contribution in [-0.4, -0.2) is 21.4 Å². The Hall–Kier alpha value is -2.10. The smallest absolute Gasteiger partial charge is 0.335 e. The second-order valence-electron chi connectivity index (χ2n) is 4.64. The zero-order chi connectivity index (χ0) is 13.4. The molecule has 0 amide bonds. The monoisotopic (exact) mass is 245 g/mol. The van der Waals surface area contributed by atoms with Crippen molar-refractivity contribution in [2.24, 2.45) is 0 Å². The fourth-order valence-electron chi connectivity index (χ4n) is 2.09. The van der Waals surface area contributed by atoms with Gasteiger partial charge in [0, 0.05) is 28.7 Å². The average Bonchev–Trinajstić information content (AvgIpc) is 2.67. The SMILES string of the molecule is CC(=O)c1cn(C(C)C)c2cc(C(=O)O)ccc12. The van der Waals surface area contributed by atoms with E-state index in [1.807, 2.05) is 18.4 Å². The number of benzene rings is 1. The normalized spacial score (nSPS) is 11.1. The molecule has 0 aliphatic heterocycles. The molecule has 1 aromatic heterocycles. The topological polar surface area (TPSA) is 59.3 Å². The van der Waals surface area contributed by atoms with E-state index in [4.69, 9.17) is 5.11 Å². The van der Waals surface area contributed by atoms with Crippen LogP contribution in [0.4, 0.5) is 0 Å². The highest BCUT2D eigenvalue weighted by Gasteiger charge is 2.15. The van der Waals surface area contributed by atoms with Crippen molar-refractivity contribution in [3.8, 4) is 0 Å². The number of carboxylic acid groups (broad SMARTS) is 1. The third kappa shape index (κ3) is 1.90. The summed E-state index contributed by atoms with van der Waals surface area (Å²) in [5.74, 6) is -0.972. The summed E-state index contributed by atoms with van der Waals surface area (Å²) in [6.45, 7) is 5.51. The minimum absolute atomic E-state index is 0.0116. The van der Waals surface area contributed by atoms with Crippen molar-refractivity contribution in [3.63, 3.8) is 0 Å². The fraction of sp³-hybridized carbons (Fsp3) is 0.286. The van der Waals surface area contributed by atoms with Gasteiger partial charge in [-0.15, -0.1) is 0 Å². The Balaban J connectivity index is 2.79. The number of aromatic nitrogens is 1. The Kier molecular flexibility index (Phi) is 2.95. The van der Waals surface area contributed by atoms with E-state index in [0.717, 1.165) is 10.9 Å². The molecule has 0 spiro atoms. The molecule has 0 radical (unpaired) electrons. The van der Waals surface area contributed by atoms with Crippen LogP contribution in [-0.2, 0) is 0 Å². The summed E-state index contributed by atoms with van der Waals surface area (Å²) in [5.41, 5.74) is 1.66. The number of fused-ring (bicyclic) bond motifs is 1. The van der Waals surface area contributed by atoms with Gasteiger partial charge in [-0.1, -0.05) is 6.07 Å². The Labute approximate surface area is 105 Å². The number of carbonyl (C=O) groups excluding carboxylic acids is 1. The van der Waals surface area contributed by atoms with E-state index in [0.29, 0.717) is 5.56 Å². The van der Waals surface area contributed by atoms with Gasteiger partial charge in [-0.05, 0) is 32.9 Å². The molecule has 0 fully saturated rings. The molecule has 0 unspecified atom stereocenters. The van der Waals surface area contributed by atoms with Crippen molar-refractivity contribution in [2.45, 2.75) is 26.8 Å². The highest BCUT2D eigenvalue weighted by Crippen LogP contribution is 2.26. The van der Waals surface area contributed by atoms with Crippen molar-refractivity contribution in [3.05, 3.63) is 35.5 Å². The second kappa shape index (κ2) is 4.29. The van der Waals surface area contributed by atoms with Crippen LogP contribution in [0, 0.1) is 0 Å². The first-order valence-electron chi connectivity index (χ1n) is 5.80. The number of aromatic carboxylic acids is 1. The number of nitrogens with zero attached hydrogens (tertiary/aromatic N) is 1. The molecule has 0 aliphatic carbocycles. The van der Waals surface area contributed by atoms with Crippen LogP contribution in [0.25, 0.3) is 10.9 Å². The molecule has 94 valence electrons. The maximum absolute atomic E-state index is 11.6. The van der Waals surface area contributed by atoms with E-state index in [2.05, 4.69) is 0 Å². The van der Waals surface area contributed by atoms with Crippen molar-refractivity contribution in [2.75, 3.05) is 0 Å². The number of Topliss-reactive ketones (excluding diaryl/α,β-unsaturated/α-hetero) is 1. The number of ketones is 1. The average molecular weight is 245 g/mol. The summed E-state index contributed by atoms with van der Waals surface area (Å²) in [6.07, 6.45) is 1.79. The van der Waals surface area contributed by atoms with Crippen molar-refractivity contribution in [1.82, 2.24) is 4.57 Å². The van der Waals surface area contributed by atoms with Crippen LogP contribution in [0.1, 0.15) is 47.5 Å². The molecule has 0 saturated carbocycles. The van der Waals surface area contributed by atoms with Crippen LogP contribution >= 0.6 is 0 Å². The molecule has 1 N–H and O–H groups in total. The number of rotatable bonds is 3. The van der Waals surface area contributed by atoms with Crippen molar-refractivity contribution >= 4 is 22.7 Å². The van der Waals surface area contributed by atoms with E-state index >= 15 is 0 Å². The van der Waals surface area contributed by atoms with Gasteiger partial charge in [-0.25, -0.2) is 4.79 Å². The van der Waals surface area contributed by atoms with E-state index in [1.54, 1.807) is 18.3 Å². The van der Waals surface area contributed by atoms with E-state index in [9.17, 15) is 9.59 Å². The van der Waals surface area contributed by atoms with Gasteiger partial charge >= 0.3 is 5.97 Å². The molecular formula is C14H15NO3. The predicted molar refractivity (Wildman–Crippen MR) is 69.3 cm³/mol. The lowest BCUT2D eigenvalue weighted by atomic mass is 10.1. The summed E-state index contributed by atoms with van der Waals surface area (Å²) in [5, 5.41) is 9.82. The number of hydrogen-bond donors (Lipinski definition) is 1. The van der Waals surface area contributed by atoms with Crippen molar-refractivity contribution < 1.29 is 14.7 Å². The highest BCUT2D eigenvalue weighted by molar-refractivity contribution is 6.08. The van der Waals surface area contributed by atoms with Gasteiger partial charge in [0.05, 0.1) is 5.56 Å². The molecule has 18 heavy (non-hydrogen) atoms. The van der Waals surface area contributed by atoms with Crippen molar-refractivity contribution in [1.29, 1.82) is 0 Å². The minimum Gasteiger partial charge on any atom is -0.478 e. The molecular weight excluding hydrogens is 230 g/mol. The lowest BCUT2D eigenvalue weighted by Gasteiger charge is -2.09. The first kappa shape index (κ1) is 12.4. The standard InChI is InChI=1S/C14H15NO3/c1-8(2)15-7-12(9(3)16)11-5-4-10(14(17)18)6-13(11)15/h4-8H,1-3H3,(H,17,18). The van der Waals surface area contributed by atoms with Gasteiger partial charge in [0.15, 0.2) is 5.78 Å². The Bertz CT molecular complexity index is 638. The predicted octanol–water partition coefficient (Wildman–Crippen LogP) is 3.12. The molecule has 0 aliphatic rings. The maximum atomic E-state index is 11.6. The van der Waals surface area contributed by atoms with E-state index in [1.165, 1.54) is 13.0 Å². The van der Waals surface area contributed by atoms with Gasteiger partial charge < -0.3 is 9.67 Å². The fourth-order valence-corrected chi connectivity index (χ4v) is 2.09. The van der Waals surface area contributed by atoms with Gasteiger partial charge in [0.2, 0.25) is 0 Å². The van der Waals surface area contributed by atoms with Gasteiger partial charge in [-0.2, -0.15) is 0 Å². The Morgan fingerprint density at radius 3 is 2.44 bits per heavy atom. The van der Waals surface area contributed by atoms with Gasteiger partial charge in [0.25, 0.3) is 0 Å². The summed E-state index contributed by atoms with van der Waals surface area (Å²) in [4.78, 5) is 22.6. The van der Waals surface area contributed by atoms with Crippen LogP contribution in [0.2, 0.25) is 0 Å². The van der Waals surface area contributed by atoms with Gasteiger partial charge in [0.1, 0.15) is 0 Å². The summed E-state index contributed by atoms with van der Waals surface area (Å²) in [7, 11) is 0. The first-order chi connectivity index (χ1) is 8.41. The highest BCUT2D eigenvalue weighted by atomic mass is 16.4. The summed E-state index contributed by atoms with van der Waals surface area (Å²) < 4.78 is 1.93. The lowest BCUT2D eigenvalue weighted by molar-refractivity contribution is 0.0697. The minimum atomic E-state index is -0.960. The largest absolute Gasteiger partial charge is 0.478 e. The van der Waals surface area contributed by atoms with Gasteiger partial charge in [-0.3, -0.25) is 4.79 Å². The number of carboxylic acids is 1. The lowest BCUT2D eigenvalue weighted by Crippen LogP contribution is -2.00.